The first-order chi connectivity index (χ1) is 6.87. The van der Waals surface area contributed by atoms with Gasteiger partial charge in [-0.2, -0.15) is 0 Å². The minimum atomic E-state index is 0.437. The molecule has 0 aromatic heterocycles. The third kappa shape index (κ3) is 1.96. The Labute approximate surface area is 87.2 Å². The van der Waals surface area contributed by atoms with Crippen molar-refractivity contribution in [2.24, 2.45) is 17.1 Å². The lowest BCUT2D eigenvalue weighted by Crippen LogP contribution is -2.38. The van der Waals surface area contributed by atoms with Crippen molar-refractivity contribution in [2.75, 3.05) is 19.8 Å². The van der Waals surface area contributed by atoms with Gasteiger partial charge in [-0.1, -0.05) is 25.7 Å². The van der Waals surface area contributed by atoms with Crippen molar-refractivity contribution in [3.8, 4) is 0 Å². The summed E-state index contributed by atoms with van der Waals surface area (Å²) in [6.45, 7) is 2.81. The topological polar surface area (TPSA) is 35.2 Å². The zero-order valence-electron chi connectivity index (χ0n) is 9.13. The summed E-state index contributed by atoms with van der Waals surface area (Å²) in [5, 5.41) is 0. The second kappa shape index (κ2) is 4.63. The summed E-state index contributed by atoms with van der Waals surface area (Å²) < 4.78 is 5.52. The fourth-order valence-corrected chi connectivity index (χ4v) is 3.23. The molecule has 2 nitrogen and oxygen atoms in total. The van der Waals surface area contributed by atoms with Gasteiger partial charge in [-0.3, -0.25) is 0 Å². The summed E-state index contributed by atoms with van der Waals surface area (Å²) in [6.07, 6.45) is 9.53. The first kappa shape index (κ1) is 10.4. The van der Waals surface area contributed by atoms with E-state index in [0.717, 1.165) is 25.7 Å². The highest BCUT2D eigenvalue weighted by molar-refractivity contribution is 4.90. The maximum absolute atomic E-state index is 6.03. The van der Waals surface area contributed by atoms with Crippen molar-refractivity contribution in [3.05, 3.63) is 0 Å². The van der Waals surface area contributed by atoms with Crippen molar-refractivity contribution in [1.82, 2.24) is 0 Å². The van der Waals surface area contributed by atoms with E-state index in [1.165, 1.54) is 44.9 Å². The summed E-state index contributed by atoms with van der Waals surface area (Å²) in [4.78, 5) is 0. The zero-order chi connectivity index (χ0) is 9.86. The van der Waals surface area contributed by atoms with E-state index in [-0.39, 0.29) is 0 Å². The molecule has 2 heteroatoms. The molecule has 0 radical (unpaired) electrons. The second-order valence-corrected chi connectivity index (χ2v) is 5.04. The Bertz CT molecular complexity index is 167. The minimum absolute atomic E-state index is 0.437. The highest BCUT2D eigenvalue weighted by atomic mass is 16.5. The van der Waals surface area contributed by atoms with Gasteiger partial charge in [0.15, 0.2) is 0 Å². The van der Waals surface area contributed by atoms with Gasteiger partial charge in [0.25, 0.3) is 0 Å². The molecule has 2 fully saturated rings. The van der Waals surface area contributed by atoms with Crippen LogP contribution in [0.4, 0.5) is 0 Å². The fraction of sp³-hybridized carbons (Fsp3) is 1.00. The van der Waals surface area contributed by atoms with Gasteiger partial charge in [-0.15, -0.1) is 0 Å². The van der Waals surface area contributed by atoms with Crippen molar-refractivity contribution in [2.45, 2.75) is 44.9 Å². The van der Waals surface area contributed by atoms with Crippen LogP contribution in [-0.2, 0) is 4.74 Å². The Morgan fingerprint density at radius 2 is 1.86 bits per heavy atom. The Morgan fingerprint density at radius 3 is 2.36 bits per heavy atom. The van der Waals surface area contributed by atoms with Crippen LogP contribution in [-0.4, -0.2) is 19.8 Å². The number of rotatable bonds is 2. The maximum Gasteiger partial charge on any atom is 0.0500 e. The molecule has 1 unspecified atom stereocenters. The van der Waals surface area contributed by atoms with Crippen LogP contribution in [0.2, 0.25) is 0 Å². The average molecular weight is 197 g/mol. The minimum Gasteiger partial charge on any atom is -0.381 e. The van der Waals surface area contributed by atoms with Crippen molar-refractivity contribution in [1.29, 1.82) is 0 Å². The van der Waals surface area contributed by atoms with Crippen LogP contribution in [0.5, 0.6) is 0 Å². The molecule has 2 rings (SSSR count). The van der Waals surface area contributed by atoms with E-state index in [1.54, 1.807) is 0 Å². The van der Waals surface area contributed by atoms with Gasteiger partial charge in [-0.25, -0.2) is 0 Å². The van der Waals surface area contributed by atoms with Gasteiger partial charge in [-0.05, 0) is 37.1 Å². The van der Waals surface area contributed by atoms with Crippen molar-refractivity contribution >= 4 is 0 Å². The number of hydrogen-bond acceptors (Lipinski definition) is 2. The van der Waals surface area contributed by atoms with E-state index in [0.29, 0.717) is 5.41 Å². The summed E-state index contributed by atoms with van der Waals surface area (Å²) >= 11 is 0. The molecule has 1 aliphatic carbocycles. The molecular formula is C12H23NO. The molecule has 2 aliphatic rings. The van der Waals surface area contributed by atoms with E-state index in [4.69, 9.17) is 10.5 Å². The highest BCUT2D eigenvalue weighted by Gasteiger charge is 2.39. The monoisotopic (exact) mass is 197 g/mol. The van der Waals surface area contributed by atoms with E-state index >= 15 is 0 Å². The van der Waals surface area contributed by atoms with Crippen LogP contribution < -0.4 is 5.73 Å². The maximum atomic E-state index is 6.03. The Balaban J connectivity index is 2.04. The van der Waals surface area contributed by atoms with E-state index in [9.17, 15) is 0 Å². The Hall–Kier alpha value is -0.0800. The average Bonchev–Trinajstić information content (AvgIpc) is 2.64. The van der Waals surface area contributed by atoms with Crippen LogP contribution in [0.1, 0.15) is 44.9 Å². The van der Waals surface area contributed by atoms with Gasteiger partial charge in [0.05, 0.1) is 6.61 Å². The first-order valence-electron chi connectivity index (χ1n) is 6.15. The molecular weight excluding hydrogens is 174 g/mol. The molecule has 1 heterocycles. The summed E-state index contributed by atoms with van der Waals surface area (Å²) in [7, 11) is 0. The van der Waals surface area contributed by atoms with Crippen LogP contribution in [0.3, 0.4) is 0 Å². The predicted octanol–water partition coefficient (Wildman–Crippen LogP) is 2.32. The number of ether oxygens (including phenoxy) is 1. The molecule has 2 N–H and O–H groups in total. The van der Waals surface area contributed by atoms with Crippen LogP contribution >= 0.6 is 0 Å². The normalized spacial score (nSPS) is 32.8. The first-order valence-corrected chi connectivity index (χ1v) is 6.15. The molecule has 1 aliphatic heterocycles. The highest BCUT2D eigenvalue weighted by Crippen LogP contribution is 2.43. The SMILES string of the molecule is NCC1(C2CCOC2)CCCCCC1. The molecule has 0 aromatic rings. The molecule has 0 amide bonds. The molecule has 1 saturated carbocycles. The predicted molar refractivity (Wildman–Crippen MR) is 58.1 cm³/mol. The molecule has 1 atom stereocenters. The van der Waals surface area contributed by atoms with Gasteiger partial charge in [0, 0.05) is 6.61 Å². The molecule has 1 saturated heterocycles. The quantitative estimate of drug-likeness (QED) is 0.689. The lowest BCUT2D eigenvalue weighted by atomic mass is 9.69. The third-order valence-electron chi connectivity index (χ3n) is 4.30. The lowest BCUT2D eigenvalue weighted by molar-refractivity contribution is 0.108. The number of hydrogen-bond donors (Lipinski definition) is 1. The molecule has 0 spiro atoms. The lowest BCUT2D eigenvalue weighted by Gasteiger charge is -2.36. The van der Waals surface area contributed by atoms with Gasteiger partial charge in [0.2, 0.25) is 0 Å². The smallest absolute Gasteiger partial charge is 0.0500 e. The van der Waals surface area contributed by atoms with Crippen LogP contribution in [0.15, 0.2) is 0 Å². The second-order valence-electron chi connectivity index (χ2n) is 5.04. The standard InChI is InChI=1S/C12H23NO/c13-10-12(11-5-8-14-9-11)6-3-1-2-4-7-12/h11H,1-10,13H2. The van der Waals surface area contributed by atoms with E-state index in [2.05, 4.69) is 0 Å². The summed E-state index contributed by atoms with van der Waals surface area (Å²) in [5.41, 5.74) is 6.47. The van der Waals surface area contributed by atoms with Crippen molar-refractivity contribution in [3.63, 3.8) is 0 Å². The summed E-state index contributed by atoms with van der Waals surface area (Å²) in [5.74, 6) is 0.755. The third-order valence-corrected chi connectivity index (χ3v) is 4.30. The van der Waals surface area contributed by atoms with Crippen LogP contribution in [0, 0.1) is 11.3 Å². The fourth-order valence-electron chi connectivity index (χ4n) is 3.23. The molecule has 14 heavy (non-hydrogen) atoms. The Kier molecular flexibility index (Phi) is 3.45. The van der Waals surface area contributed by atoms with Gasteiger partial charge >= 0.3 is 0 Å². The van der Waals surface area contributed by atoms with Gasteiger partial charge < -0.3 is 10.5 Å². The van der Waals surface area contributed by atoms with Crippen molar-refractivity contribution < 1.29 is 4.74 Å². The summed E-state index contributed by atoms with van der Waals surface area (Å²) in [6, 6.07) is 0. The largest absolute Gasteiger partial charge is 0.381 e. The van der Waals surface area contributed by atoms with E-state index in [1.807, 2.05) is 0 Å². The van der Waals surface area contributed by atoms with E-state index < -0.39 is 0 Å². The number of nitrogens with two attached hydrogens (primary N) is 1. The zero-order valence-corrected chi connectivity index (χ0v) is 9.13. The van der Waals surface area contributed by atoms with Gasteiger partial charge in [0.1, 0.15) is 0 Å². The molecule has 0 bridgehead atoms. The molecule has 0 aromatic carbocycles. The molecule has 82 valence electrons. The Morgan fingerprint density at radius 1 is 1.14 bits per heavy atom. The van der Waals surface area contributed by atoms with Crippen LogP contribution in [0.25, 0.3) is 0 Å².